The van der Waals surface area contributed by atoms with Crippen LogP contribution in [0.4, 0.5) is 26.2 Å². The lowest BCUT2D eigenvalue weighted by Gasteiger charge is -2.35. The van der Waals surface area contributed by atoms with Crippen molar-refractivity contribution in [3.63, 3.8) is 0 Å². The molecule has 10 heteroatoms. The summed E-state index contributed by atoms with van der Waals surface area (Å²) < 4.78 is 30.0. The SMILES string of the molecule is CCN1CCN(c2ccc(Nc3ncc(F)c(-c4cc(F)c5nc(C)cc(C(C)(C)O)c5c4)n3)nc2)CC1. The summed E-state index contributed by atoms with van der Waals surface area (Å²) >= 11 is 0. The van der Waals surface area contributed by atoms with E-state index in [1.165, 1.54) is 6.07 Å². The Balaban J connectivity index is 1.43. The van der Waals surface area contributed by atoms with Crippen LogP contribution in [-0.2, 0) is 5.60 Å². The van der Waals surface area contributed by atoms with Crippen LogP contribution in [0.3, 0.4) is 0 Å². The van der Waals surface area contributed by atoms with Crippen molar-refractivity contribution in [3.8, 4) is 11.3 Å². The lowest BCUT2D eigenvalue weighted by molar-refractivity contribution is 0.0800. The van der Waals surface area contributed by atoms with E-state index in [2.05, 4.69) is 42.0 Å². The van der Waals surface area contributed by atoms with E-state index in [1.807, 2.05) is 12.1 Å². The number of hydrogen-bond donors (Lipinski definition) is 2. The lowest BCUT2D eigenvalue weighted by atomic mass is 9.92. The van der Waals surface area contributed by atoms with Gasteiger partial charge in [0.25, 0.3) is 0 Å². The second kappa shape index (κ2) is 10.2. The maximum Gasteiger partial charge on any atom is 0.229 e. The smallest absolute Gasteiger partial charge is 0.229 e. The molecule has 1 aromatic carbocycles. The minimum atomic E-state index is -1.25. The molecule has 0 spiro atoms. The van der Waals surface area contributed by atoms with Crippen LogP contribution in [0.15, 0.2) is 42.7 Å². The van der Waals surface area contributed by atoms with Crippen molar-refractivity contribution in [2.24, 2.45) is 0 Å². The Morgan fingerprint density at radius 1 is 0.974 bits per heavy atom. The number of halogens is 2. The summed E-state index contributed by atoms with van der Waals surface area (Å²) in [7, 11) is 0. The Kier molecular flexibility index (Phi) is 6.93. The fourth-order valence-electron chi connectivity index (χ4n) is 4.77. The van der Waals surface area contributed by atoms with Gasteiger partial charge in [0, 0.05) is 42.8 Å². The number of likely N-dealkylation sites (N-methyl/N-ethyl adjacent to an activating group) is 1. The van der Waals surface area contributed by atoms with Gasteiger partial charge in [0.2, 0.25) is 5.95 Å². The van der Waals surface area contributed by atoms with Crippen LogP contribution in [0.5, 0.6) is 0 Å². The fourth-order valence-corrected chi connectivity index (χ4v) is 4.77. The highest BCUT2D eigenvalue weighted by atomic mass is 19.1. The van der Waals surface area contributed by atoms with E-state index in [0.29, 0.717) is 22.5 Å². The van der Waals surface area contributed by atoms with Crippen molar-refractivity contribution in [2.45, 2.75) is 33.3 Å². The molecule has 198 valence electrons. The number of piperazine rings is 1. The molecule has 0 saturated carbocycles. The minimum absolute atomic E-state index is 0.0732. The van der Waals surface area contributed by atoms with Gasteiger partial charge >= 0.3 is 0 Å². The second-order valence-electron chi connectivity index (χ2n) is 10.1. The van der Waals surface area contributed by atoms with E-state index in [0.717, 1.165) is 44.6 Å². The highest BCUT2D eigenvalue weighted by Gasteiger charge is 2.23. The largest absolute Gasteiger partial charge is 0.386 e. The van der Waals surface area contributed by atoms with Gasteiger partial charge in [0.15, 0.2) is 5.82 Å². The van der Waals surface area contributed by atoms with E-state index in [4.69, 9.17) is 0 Å². The third-order valence-electron chi connectivity index (χ3n) is 6.84. The molecule has 1 saturated heterocycles. The molecular weight excluding hydrogens is 488 g/mol. The number of aromatic nitrogens is 4. The molecule has 1 aliphatic heterocycles. The number of rotatable bonds is 6. The molecule has 0 radical (unpaired) electrons. The van der Waals surface area contributed by atoms with Gasteiger partial charge in [-0.25, -0.2) is 23.7 Å². The van der Waals surface area contributed by atoms with Crippen LogP contribution in [-0.4, -0.2) is 62.7 Å². The molecule has 38 heavy (non-hydrogen) atoms. The number of aliphatic hydroxyl groups is 1. The number of pyridine rings is 2. The molecule has 0 atom stereocenters. The predicted molar refractivity (Wildman–Crippen MR) is 145 cm³/mol. The highest BCUT2D eigenvalue weighted by molar-refractivity contribution is 5.88. The van der Waals surface area contributed by atoms with Gasteiger partial charge in [-0.15, -0.1) is 0 Å². The van der Waals surface area contributed by atoms with Gasteiger partial charge in [0.05, 0.1) is 23.7 Å². The molecule has 4 heterocycles. The highest BCUT2D eigenvalue weighted by Crippen LogP contribution is 2.34. The van der Waals surface area contributed by atoms with E-state index < -0.39 is 17.2 Å². The van der Waals surface area contributed by atoms with E-state index >= 15 is 4.39 Å². The monoisotopic (exact) mass is 519 g/mol. The summed E-state index contributed by atoms with van der Waals surface area (Å²) in [5.41, 5.74) is 1.09. The van der Waals surface area contributed by atoms with Gasteiger partial charge in [-0.05, 0) is 63.2 Å². The zero-order chi connectivity index (χ0) is 27.0. The summed E-state index contributed by atoms with van der Waals surface area (Å²) in [6.07, 6.45) is 2.83. The quantitative estimate of drug-likeness (QED) is 0.376. The normalized spacial score (nSPS) is 14.8. The first-order chi connectivity index (χ1) is 18.1. The van der Waals surface area contributed by atoms with Crippen molar-refractivity contribution in [1.29, 1.82) is 0 Å². The van der Waals surface area contributed by atoms with E-state index in [1.54, 1.807) is 39.1 Å². The van der Waals surface area contributed by atoms with Gasteiger partial charge in [0.1, 0.15) is 22.8 Å². The van der Waals surface area contributed by atoms with Crippen molar-refractivity contribution in [1.82, 2.24) is 24.8 Å². The van der Waals surface area contributed by atoms with Crippen LogP contribution in [0.1, 0.15) is 32.0 Å². The van der Waals surface area contributed by atoms with Gasteiger partial charge < -0.3 is 20.2 Å². The zero-order valence-electron chi connectivity index (χ0n) is 22.0. The summed E-state index contributed by atoms with van der Waals surface area (Å²) in [6.45, 7) is 12.1. The van der Waals surface area contributed by atoms with Gasteiger partial charge in [-0.3, -0.25) is 4.98 Å². The maximum atomic E-state index is 15.2. The molecule has 5 rings (SSSR count). The molecule has 2 N–H and O–H groups in total. The predicted octanol–water partition coefficient (Wildman–Crippen LogP) is 4.79. The summed E-state index contributed by atoms with van der Waals surface area (Å²) in [5.74, 6) is -0.694. The van der Waals surface area contributed by atoms with Crippen LogP contribution in [0.25, 0.3) is 22.2 Å². The Bertz CT molecular complexity index is 1460. The van der Waals surface area contributed by atoms with Crippen LogP contribution < -0.4 is 10.2 Å². The molecule has 3 aromatic heterocycles. The molecule has 4 aromatic rings. The number of nitrogens with zero attached hydrogens (tertiary/aromatic N) is 6. The second-order valence-corrected chi connectivity index (χ2v) is 10.1. The van der Waals surface area contributed by atoms with Gasteiger partial charge in [-0.1, -0.05) is 6.92 Å². The average molecular weight is 520 g/mol. The maximum absolute atomic E-state index is 15.2. The number of nitrogens with one attached hydrogen (secondary N) is 1. The van der Waals surface area contributed by atoms with Gasteiger partial charge in [-0.2, -0.15) is 0 Å². The average Bonchev–Trinajstić information content (AvgIpc) is 2.89. The number of hydrogen-bond acceptors (Lipinski definition) is 8. The molecule has 0 bridgehead atoms. The first-order valence-corrected chi connectivity index (χ1v) is 12.7. The molecule has 0 aliphatic carbocycles. The third-order valence-corrected chi connectivity index (χ3v) is 6.84. The molecule has 1 aliphatic rings. The number of anilines is 3. The Morgan fingerprint density at radius 3 is 2.39 bits per heavy atom. The van der Waals surface area contributed by atoms with E-state index in [-0.39, 0.29) is 22.7 Å². The van der Waals surface area contributed by atoms with Crippen molar-refractivity contribution in [3.05, 3.63) is 65.6 Å². The summed E-state index contributed by atoms with van der Waals surface area (Å²) in [4.78, 5) is 21.8. The molecule has 1 fully saturated rings. The minimum Gasteiger partial charge on any atom is -0.386 e. The van der Waals surface area contributed by atoms with Crippen LogP contribution >= 0.6 is 0 Å². The van der Waals surface area contributed by atoms with E-state index in [9.17, 15) is 9.50 Å². The van der Waals surface area contributed by atoms with Crippen molar-refractivity contribution in [2.75, 3.05) is 42.9 Å². The van der Waals surface area contributed by atoms with Crippen molar-refractivity contribution >= 4 is 28.4 Å². The molecule has 0 amide bonds. The van der Waals surface area contributed by atoms with Crippen LogP contribution in [0, 0.1) is 18.6 Å². The topological polar surface area (TPSA) is 90.3 Å². The Morgan fingerprint density at radius 2 is 1.74 bits per heavy atom. The first kappa shape index (κ1) is 25.9. The summed E-state index contributed by atoms with van der Waals surface area (Å²) in [6, 6.07) is 8.30. The van der Waals surface area contributed by atoms with Crippen molar-refractivity contribution < 1.29 is 13.9 Å². The number of aryl methyl sites for hydroxylation is 1. The van der Waals surface area contributed by atoms with Crippen LogP contribution in [0.2, 0.25) is 0 Å². The third kappa shape index (κ3) is 5.27. The summed E-state index contributed by atoms with van der Waals surface area (Å²) in [5, 5.41) is 14.1. The fraction of sp³-hybridized carbons (Fsp3) is 0.357. The zero-order valence-corrected chi connectivity index (χ0v) is 22.0. The molecular formula is C28H31F2N7O. The first-order valence-electron chi connectivity index (χ1n) is 12.7. The molecule has 8 nitrogen and oxygen atoms in total. The molecule has 0 unspecified atom stereocenters. The Hall–Kier alpha value is -3.76. The lowest BCUT2D eigenvalue weighted by Crippen LogP contribution is -2.46. The standard InChI is InChI=1S/C28H31F2N7O/c1-5-36-8-10-37(11-9-36)19-6-7-24(31-15-19)34-27-32-16-23(30)25(35-27)18-13-20-21(28(3,4)38)12-17(2)33-26(20)22(29)14-18/h6-7,12-16,38H,5,8-11H2,1-4H3,(H,31,32,34,35). The number of benzene rings is 1. The Labute approximate surface area is 220 Å². The number of fused-ring (bicyclic) bond motifs is 1.